The van der Waals surface area contributed by atoms with Crippen molar-refractivity contribution >= 4 is 0 Å². The van der Waals surface area contributed by atoms with E-state index in [0.29, 0.717) is 6.10 Å². The summed E-state index contributed by atoms with van der Waals surface area (Å²) in [6, 6.07) is 0. The van der Waals surface area contributed by atoms with Crippen molar-refractivity contribution < 1.29 is 9.47 Å². The molecule has 0 aliphatic carbocycles. The number of hydrogen-bond acceptors (Lipinski definition) is 2. The lowest BCUT2D eigenvalue weighted by Gasteiger charge is -2.07. The first kappa shape index (κ1) is 8.60. The average molecular weight is 156 g/mol. The molecule has 0 aromatic rings. The molecule has 2 nitrogen and oxygen atoms in total. The van der Waals surface area contributed by atoms with Crippen LogP contribution in [0, 0.1) is 0 Å². The summed E-state index contributed by atoms with van der Waals surface area (Å²) in [6.45, 7) is 5.21. The quantitative estimate of drug-likeness (QED) is 0.448. The standard InChI is InChI=1S/C9H16O2/c1-2-10-7-3-5-9-6-4-8-11-9/h2,9H,1,3-8H2. The molecule has 0 N–H and O–H groups in total. The smallest absolute Gasteiger partial charge is 0.0873 e. The Balaban J connectivity index is 1.89. The van der Waals surface area contributed by atoms with E-state index in [2.05, 4.69) is 6.58 Å². The van der Waals surface area contributed by atoms with Crippen molar-refractivity contribution in [3.05, 3.63) is 12.8 Å². The maximum atomic E-state index is 5.45. The number of hydrogen-bond donors (Lipinski definition) is 0. The van der Waals surface area contributed by atoms with E-state index in [4.69, 9.17) is 9.47 Å². The van der Waals surface area contributed by atoms with E-state index in [9.17, 15) is 0 Å². The van der Waals surface area contributed by atoms with Gasteiger partial charge in [0, 0.05) is 6.61 Å². The zero-order valence-corrected chi connectivity index (χ0v) is 6.92. The fraction of sp³-hybridized carbons (Fsp3) is 0.778. The molecule has 0 atom stereocenters. The van der Waals surface area contributed by atoms with Crippen LogP contribution in [0.5, 0.6) is 0 Å². The van der Waals surface area contributed by atoms with Crippen molar-refractivity contribution in [1.29, 1.82) is 0 Å². The summed E-state index contributed by atoms with van der Waals surface area (Å²) < 4.78 is 10.5. The Morgan fingerprint density at radius 2 is 2.55 bits per heavy atom. The third-order valence-electron chi connectivity index (χ3n) is 1.93. The van der Waals surface area contributed by atoms with E-state index in [1.54, 1.807) is 0 Å². The average Bonchev–Trinajstić information content (AvgIpc) is 2.50. The summed E-state index contributed by atoms with van der Waals surface area (Å²) in [5.41, 5.74) is 0. The fourth-order valence-electron chi connectivity index (χ4n) is 1.35. The molecule has 1 saturated heterocycles. The van der Waals surface area contributed by atoms with Crippen molar-refractivity contribution in [2.45, 2.75) is 31.8 Å². The Bertz CT molecular complexity index is 106. The van der Waals surface area contributed by atoms with Crippen LogP contribution in [0.1, 0.15) is 25.7 Å². The van der Waals surface area contributed by atoms with Crippen molar-refractivity contribution in [1.82, 2.24) is 0 Å². The Morgan fingerprint density at radius 1 is 1.64 bits per heavy atom. The van der Waals surface area contributed by atoms with Gasteiger partial charge in [-0.2, -0.15) is 0 Å². The van der Waals surface area contributed by atoms with E-state index in [1.807, 2.05) is 0 Å². The molecule has 0 spiro atoms. The molecule has 0 bridgehead atoms. The van der Waals surface area contributed by atoms with Gasteiger partial charge >= 0.3 is 0 Å². The minimum absolute atomic E-state index is 0.503. The Hall–Kier alpha value is -0.500. The van der Waals surface area contributed by atoms with Gasteiger partial charge in [0.2, 0.25) is 0 Å². The molecule has 0 saturated carbocycles. The lowest BCUT2D eigenvalue weighted by Crippen LogP contribution is -2.05. The largest absolute Gasteiger partial charge is 0.502 e. The lowest BCUT2D eigenvalue weighted by molar-refractivity contribution is 0.0955. The normalized spacial score (nSPS) is 23.5. The Morgan fingerprint density at radius 3 is 3.18 bits per heavy atom. The summed E-state index contributed by atoms with van der Waals surface area (Å²) in [5, 5.41) is 0. The number of ether oxygens (including phenoxy) is 2. The van der Waals surface area contributed by atoms with Gasteiger partial charge in [-0.25, -0.2) is 0 Å². The van der Waals surface area contributed by atoms with E-state index < -0.39 is 0 Å². The van der Waals surface area contributed by atoms with Gasteiger partial charge in [0.25, 0.3) is 0 Å². The van der Waals surface area contributed by atoms with E-state index in [0.717, 1.165) is 26.1 Å². The van der Waals surface area contributed by atoms with Crippen LogP contribution in [0.15, 0.2) is 12.8 Å². The highest BCUT2D eigenvalue weighted by molar-refractivity contribution is 4.64. The van der Waals surface area contributed by atoms with E-state index in [1.165, 1.54) is 19.1 Å². The minimum atomic E-state index is 0.503. The summed E-state index contributed by atoms with van der Waals surface area (Å²) in [5.74, 6) is 0. The predicted octanol–water partition coefficient (Wildman–Crippen LogP) is 2.11. The Labute approximate surface area is 68.2 Å². The van der Waals surface area contributed by atoms with Crippen molar-refractivity contribution in [3.8, 4) is 0 Å². The molecule has 0 aromatic heterocycles. The van der Waals surface area contributed by atoms with E-state index in [-0.39, 0.29) is 0 Å². The van der Waals surface area contributed by atoms with Gasteiger partial charge in [0.05, 0.1) is 19.0 Å². The fourth-order valence-corrected chi connectivity index (χ4v) is 1.35. The monoisotopic (exact) mass is 156 g/mol. The first-order valence-electron chi connectivity index (χ1n) is 4.27. The highest BCUT2D eigenvalue weighted by Gasteiger charge is 2.14. The molecular weight excluding hydrogens is 140 g/mol. The third kappa shape index (κ3) is 3.42. The zero-order valence-electron chi connectivity index (χ0n) is 6.92. The molecule has 0 radical (unpaired) electrons. The highest BCUT2D eigenvalue weighted by Crippen LogP contribution is 2.16. The lowest BCUT2D eigenvalue weighted by atomic mass is 10.1. The molecule has 1 fully saturated rings. The summed E-state index contributed by atoms with van der Waals surface area (Å²) in [7, 11) is 0. The summed E-state index contributed by atoms with van der Waals surface area (Å²) >= 11 is 0. The van der Waals surface area contributed by atoms with Gasteiger partial charge in [-0.05, 0) is 25.7 Å². The van der Waals surface area contributed by atoms with Gasteiger partial charge in [0.15, 0.2) is 0 Å². The maximum Gasteiger partial charge on any atom is 0.0873 e. The third-order valence-corrected chi connectivity index (χ3v) is 1.93. The van der Waals surface area contributed by atoms with Crippen LogP contribution >= 0.6 is 0 Å². The van der Waals surface area contributed by atoms with Crippen LogP contribution in [0.3, 0.4) is 0 Å². The van der Waals surface area contributed by atoms with Crippen LogP contribution in [0.2, 0.25) is 0 Å². The summed E-state index contributed by atoms with van der Waals surface area (Å²) in [4.78, 5) is 0. The molecular formula is C9H16O2. The molecule has 64 valence electrons. The second kappa shape index (κ2) is 5.19. The zero-order chi connectivity index (χ0) is 7.94. The Kier molecular flexibility index (Phi) is 4.06. The molecule has 1 rings (SSSR count). The van der Waals surface area contributed by atoms with Crippen LogP contribution in [0.25, 0.3) is 0 Å². The van der Waals surface area contributed by atoms with E-state index >= 15 is 0 Å². The molecule has 0 aromatic carbocycles. The van der Waals surface area contributed by atoms with Crippen molar-refractivity contribution in [2.24, 2.45) is 0 Å². The molecule has 1 aliphatic heterocycles. The molecule has 0 unspecified atom stereocenters. The summed E-state index contributed by atoms with van der Waals surface area (Å²) in [6.07, 6.45) is 6.67. The first-order valence-corrected chi connectivity index (χ1v) is 4.27. The molecule has 11 heavy (non-hydrogen) atoms. The van der Waals surface area contributed by atoms with Crippen molar-refractivity contribution in [2.75, 3.05) is 13.2 Å². The van der Waals surface area contributed by atoms with Gasteiger partial charge in [0.1, 0.15) is 0 Å². The molecule has 2 heteroatoms. The first-order chi connectivity index (χ1) is 5.43. The second-order valence-corrected chi connectivity index (χ2v) is 2.81. The van der Waals surface area contributed by atoms with Gasteiger partial charge in [-0.3, -0.25) is 0 Å². The van der Waals surface area contributed by atoms with Crippen molar-refractivity contribution in [3.63, 3.8) is 0 Å². The van der Waals surface area contributed by atoms with Crippen LogP contribution in [0.4, 0.5) is 0 Å². The maximum absolute atomic E-state index is 5.45. The van der Waals surface area contributed by atoms with Gasteiger partial charge < -0.3 is 9.47 Å². The molecule has 1 aliphatic rings. The van der Waals surface area contributed by atoms with Crippen LogP contribution in [-0.2, 0) is 9.47 Å². The van der Waals surface area contributed by atoms with Gasteiger partial charge in [-0.15, -0.1) is 0 Å². The molecule has 0 amide bonds. The molecule has 1 heterocycles. The second-order valence-electron chi connectivity index (χ2n) is 2.81. The van der Waals surface area contributed by atoms with Crippen LogP contribution < -0.4 is 0 Å². The minimum Gasteiger partial charge on any atom is -0.502 e. The SMILES string of the molecule is C=COCCCC1CCCO1. The topological polar surface area (TPSA) is 18.5 Å². The number of rotatable bonds is 5. The van der Waals surface area contributed by atoms with Crippen LogP contribution in [-0.4, -0.2) is 19.3 Å². The highest BCUT2D eigenvalue weighted by atomic mass is 16.5. The van der Waals surface area contributed by atoms with Gasteiger partial charge in [-0.1, -0.05) is 6.58 Å². The predicted molar refractivity (Wildman–Crippen MR) is 44.4 cm³/mol.